The third-order valence-electron chi connectivity index (χ3n) is 2.84. The average Bonchev–Trinajstić information content (AvgIpc) is 2.65. The van der Waals surface area contributed by atoms with Crippen molar-refractivity contribution in [3.8, 4) is 0 Å². The van der Waals surface area contributed by atoms with Crippen molar-refractivity contribution in [2.24, 2.45) is 0 Å². The van der Waals surface area contributed by atoms with E-state index in [2.05, 4.69) is 30.9 Å². The van der Waals surface area contributed by atoms with Crippen LogP contribution in [-0.2, 0) is 4.79 Å². The number of carbonyl (C=O) groups is 1. The first kappa shape index (κ1) is 13.2. The molecule has 0 spiro atoms. The van der Waals surface area contributed by atoms with E-state index in [0.29, 0.717) is 19.1 Å². The molecule has 1 aliphatic rings. The topological polar surface area (TPSA) is 35.6 Å². The Morgan fingerprint density at radius 3 is 3.00 bits per heavy atom. The summed E-state index contributed by atoms with van der Waals surface area (Å²) < 4.78 is 0. The van der Waals surface area contributed by atoms with E-state index in [9.17, 15) is 4.79 Å². The van der Waals surface area contributed by atoms with E-state index in [1.54, 1.807) is 6.08 Å². The number of likely N-dealkylation sites (N-methyl/N-ethyl adjacent to an activating group) is 1. The van der Waals surface area contributed by atoms with Gasteiger partial charge in [0.05, 0.1) is 6.54 Å². The third-order valence-corrected chi connectivity index (χ3v) is 2.84. The fourth-order valence-corrected chi connectivity index (χ4v) is 2.16. The molecule has 1 fully saturated rings. The van der Waals surface area contributed by atoms with E-state index in [1.807, 2.05) is 4.90 Å². The van der Waals surface area contributed by atoms with Crippen LogP contribution < -0.4 is 5.32 Å². The number of carbonyl (C=O) groups excluding carboxylic acids is 1. The fraction of sp³-hybridized carbons (Fsp3) is 0.750. The summed E-state index contributed by atoms with van der Waals surface area (Å²) >= 11 is 0. The second-order valence-corrected chi connectivity index (χ2v) is 4.57. The molecule has 0 aromatic heterocycles. The third kappa shape index (κ3) is 3.94. The molecule has 0 aromatic carbocycles. The molecule has 4 heteroatoms. The molecular weight excluding hydrogens is 202 g/mol. The minimum absolute atomic E-state index is 0.214. The van der Waals surface area contributed by atoms with E-state index in [-0.39, 0.29) is 5.91 Å². The van der Waals surface area contributed by atoms with Gasteiger partial charge in [0.25, 0.3) is 0 Å². The Balaban J connectivity index is 2.38. The van der Waals surface area contributed by atoms with Crippen LogP contribution in [0.1, 0.15) is 12.8 Å². The van der Waals surface area contributed by atoms with E-state index in [1.165, 1.54) is 0 Å². The molecule has 1 saturated heterocycles. The Morgan fingerprint density at radius 1 is 1.62 bits per heavy atom. The normalized spacial score (nSPS) is 20.4. The molecule has 92 valence electrons. The van der Waals surface area contributed by atoms with E-state index >= 15 is 0 Å². The number of rotatable bonds is 6. The minimum atomic E-state index is 0.214. The van der Waals surface area contributed by atoms with Crippen molar-refractivity contribution in [1.29, 1.82) is 0 Å². The van der Waals surface area contributed by atoms with E-state index in [4.69, 9.17) is 0 Å². The maximum atomic E-state index is 11.9. The average molecular weight is 225 g/mol. The van der Waals surface area contributed by atoms with Gasteiger partial charge in [-0.25, -0.2) is 0 Å². The van der Waals surface area contributed by atoms with Crippen molar-refractivity contribution >= 4 is 5.91 Å². The van der Waals surface area contributed by atoms with Gasteiger partial charge in [-0.3, -0.25) is 4.79 Å². The van der Waals surface area contributed by atoms with Gasteiger partial charge in [-0.15, -0.1) is 6.58 Å². The zero-order valence-corrected chi connectivity index (χ0v) is 10.4. The van der Waals surface area contributed by atoms with Crippen LogP contribution in [0.2, 0.25) is 0 Å². The van der Waals surface area contributed by atoms with Gasteiger partial charge in [0.15, 0.2) is 0 Å². The Kier molecular flexibility index (Phi) is 5.49. The van der Waals surface area contributed by atoms with Crippen LogP contribution in [0.25, 0.3) is 0 Å². The molecule has 1 aliphatic heterocycles. The summed E-state index contributed by atoms with van der Waals surface area (Å²) in [5, 5.41) is 3.06. The highest BCUT2D eigenvalue weighted by atomic mass is 16.2. The molecule has 1 atom stereocenters. The van der Waals surface area contributed by atoms with Crippen LogP contribution in [-0.4, -0.2) is 62.0 Å². The first-order valence-corrected chi connectivity index (χ1v) is 5.91. The van der Waals surface area contributed by atoms with Gasteiger partial charge in [0.1, 0.15) is 0 Å². The van der Waals surface area contributed by atoms with Gasteiger partial charge in [0, 0.05) is 25.7 Å². The monoisotopic (exact) mass is 225 g/mol. The van der Waals surface area contributed by atoms with Crippen LogP contribution in [0.3, 0.4) is 0 Å². The molecule has 0 aromatic rings. The molecular formula is C12H23N3O. The lowest BCUT2D eigenvalue weighted by atomic mass is 10.2. The lowest BCUT2D eigenvalue weighted by molar-refractivity contribution is -0.131. The van der Waals surface area contributed by atoms with Crippen LogP contribution in [0.4, 0.5) is 0 Å². The minimum Gasteiger partial charge on any atom is -0.337 e. The van der Waals surface area contributed by atoms with Gasteiger partial charge >= 0.3 is 0 Å². The molecule has 1 heterocycles. The summed E-state index contributed by atoms with van der Waals surface area (Å²) in [7, 11) is 4.11. The Morgan fingerprint density at radius 2 is 2.38 bits per heavy atom. The highest BCUT2D eigenvalue weighted by Crippen LogP contribution is 2.17. The molecule has 1 rings (SSSR count). The zero-order chi connectivity index (χ0) is 12.0. The summed E-state index contributed by atoms with van der Waals surface area (Å²) in [5.41, 5.74) is 0. The Hall–Kier alpha value is -0.870. The van der Waals surface area contributed by atoms with Crippen LogP contribution in [0.15, 0.2) is 12.7 Å². The molecule has 1 amide bonds. The number of hydrogen-bond acceptors (Lipinski definition) is 3. The molecule has 4 nitrogen and oxygen atoms in total. The maximum Gasteiger partial charge on any atom is 0.236 e. The van der Waals surface area contributed by atoms with E-state index < -0.39 is 0 Å². The molecule has 16 heavy (non-hydrogen) atoms. The molecule has 0 radical (unpaired) electrons. The highest BCUT2D eigenvalue weighted by molar-refractivity contribution is 5.78. The first-order chi connectivity index (χ1) is 7.65. The van der Waals surface area contributed by atoms with Gasteiger partial charge in [0.2, 0.25) is 5.91 Å². The van der Waals surface area contributed by atoms with Crippen molar-refractivity contribution in [3.05, 3.63) is 12.7 Å². The molecule has 0 aliphatic carbocycles. The van der Waals surface area contributed by atoms with Crippen molar-refractivity contribution in [2.45, 2.75) is 18.9 Å². The van der Waals surface area contributed by atoms with Crippen molar-refractivity contribution in [3.63, 3.8) is 0 Å². The maximum absolute atomic E-state index is 11.9. The summed E-state index contributed by atoms with van der Waals surface area (Å²) in [4.78, 5) is 16.1. The molecule has 1 N–H and O–H groups in total. The number of nitrogens with zero attached hydrogens (tertiary/aromatic N) is 2. The van der Waals surface area contributed by atoms with Crippen LogP contribution >= 0.6 is 0 Å². The lowest BCUT2D eigenvalue weighted by Gasteiger charge is -2.27. The van der Waals surface area contributed by atoms with E-state index in [0.717, 1.165) is 25.9 Å². The lowest BCUT2D eigenvalue weighted by Crippen LogP contribution is -2.44. The highest BCUT2D eigenvalue weighted by Gasteiger charge is 2.28. The van der Waals surface area contributed by atoms with Gasteiger partial charge in [-0.05, 0) is 26.9 Å². The van der Waals surface area contributed by atoms with Crippen molar-refractivity contribution in [2.75, 3.05) is 40.3 Å². The van der Waals surface area contributed by atoms with Gasteiger partial charge < -0.3 is 15.1 Å². The Bertz CT molecular complexity index is 240. The largest absolute Gasteiger partial charge is 0.337 e. The van der Waals surface area contributed by atoms with Crippen molar-refractivity contribution < 1.29 is 4.79 Å². The summed E-state index contributed by atoms with van der Waals surface area (Å²) in [5.74, 6) is 0.214. The summed E-state index contributed by atoms with van der Waals surface area (Å²) in [6.45, 7) is 6.61. The van der Waals surface area contributed by atoms with Gasteiger partial charge in [-0.2, -0.15) is 0 Å². The van der Waals surface area contributed by atoms with Crippen LogP contribution in [0, 0.1) is 0 Å². The smallest absolute Gasteiger partial charge is 0.236 e. The summed E-state index contributed by atoms with van der Waals surface area (Å²) in [6.07, 6.45) is 4.03. The number of amides is 1. The fourth-order valence-electron chi connectivity index (χ4n) is 2.16. The SMILES string of the molecule is C=CCNCC(=O)N1CCCC1CN(C)C. The quantitative estimate of drug-likeness (QED) is 0.522. The van der Waals surface area contributed by atoms with Gasteiger partial charge in [-0.1, -0.05) is 6.08 Å². The van der Waals surface area contributed by atoms with Crippen LogP contribution in [0.5, 0.6) is 0 Å². The molecule has 0 bridgehead atoms. The molecule has 0 saturated carbocycles. The second-order valence-electron chi connectivity index (χ2n) is 4.57. The molecule has 1 unspecified atom stereocenters. The number of nitrogens with one attached hydrogen (secondary N) is 1. The summed E-state index contributed by atoms with van der Waals surface area (Å²) in [6, 6.07) is 0.396. The predicted octanol–water partition coefficient (Wildman–Crippen LogP) is 0.315. The Labute approximate surface area is 98.3 Å². The zero-order valence-electron chi connectivity index (χ0n) is 10.4. The van der Waals surface area contributed by atoms with Crippen molar-refractivity contribution in [1.82, 2.24) is 15.1 Å². The number of hydrogen-bond donors (Lipinski definition) is 1. The first-order valence-electron chi connectivity index (χ1n) is 5.91. The number of likely N-dealkylation sites (tertiary alicyclic amines) is 1. The standard InChI is InChI=1S/C12H23N3O/c1-4-7-13-9-12(16)15-8-5-6-11(15)10-14(2)3/h4,11,13H,1,5-10H2,2-3H3. The predicted molar refractivity (Wildman–Crippen MR) is 66.4 cm³/mol. The second kappa shape index (κ2) is 6.66.